The van der Waals surface area contributed by atoms with Crippen LogP contribution in [0.15, 0.2) is 54.6 Å². The Morgan fingerprint density at radius 1 is 1.16 bits per heavy atom. The summed E-state index contributed by atoms with van der Waals surface area (Å²) in [5, 5.41) is 3.21. The highest BCUT2D eigenvalue weighted by atomic mass is 35.5. The molecule has 0 spiro atoms. The van der Waals surface area contributed by atoms with Crippen molar-refractivity contribution in [2.24, 2.45) is 0 Å². The molecule has 2 aromatic carbocycles. The largest absolute Gasteiger partial charge is 0.351 e. The quantitative estimate of drug-likeness (QED) is 0.802. The molecule has 0 saturated heterocycles. The van der Waals surface area contributed by atoms with Gasteiger partial charge in [0.25, 0.3) is 5.91 Å². The maximum Gasteiger partial charge on any atom is 0.251 e. The number of nitrogens with zero attached hydrogens (tertiary/aromatic N) is 1. The van der Waals surface area contributed by atoms with Gasteiger partial charge in [-0.3, -0.25) is 4.79 Å². The van der Waals surface area contributed by atoms with Gasteiger partial charge in [0, 0.05) is 29.7 Å². The number of amides is 1. The van der Waals surface area contributed by atoms with Crippen LogP contribution in [-0.2, 0) is 10.0 Å². The highest BCUT2D eigenvalue weighted by molar-refractivity contribution is 7.88. The number of carbonyl (C=O) groups excluding carboxylic acids is 1. The summed E-state index contributed by atoms with van der Waals surface area (Å²) >= 11 is 5.88. The Hall–Kier alpha value is -1.89. The molecule has 0 heterocycles. The van der Waals surface area contributed by atoms with Gasteiger partial charge in [-0.1, -0.05) is 48.0 Å². The van der Waals surface area contributed by atoms with Crippen LogP contribution < -0.4 is 5.32 Å². The van der Waals surface area contributed by atoms with Crippen LogP contribution in [0.5, 0.6) is 0 Å². The molecular formula is C18H21ClN2O3S. The maximum absolute atomic E-state index is 12.1. The van der Waals surface area contributed by atoms with Gasteiger partial charge in [-0.05, 0) is 30.7 Å². The SMILES string of the molecule is CC(c1ccccc1)N(CCNC(=O)c1cccc(Cl)c1)S(C)(=O)=O. The van der Waals surface area contributed by atoms with Crippen LogP contribution in [0.3, 0.4) is 0 Å². The minimum Gasteiger partial charge on any atom is -0.351 e. The second-order valence-corrected chi connectivity index (χ2v) is 8.10. The Kier molecular flexibility index (Phi) is 6.58. The third kappa shape index (κ3) is 5.56. The summed E-state index contributed by atoms with van der Waals surface area (Å²) in [5.74, 6) is -0.289. The molecule has 2 rings (SSSR count). The van der Waals surface area contributed by atoms with Gasteiger partial charge in [0.2, 0.25) is 10.0 Å². The van der Waals surface area contributed by atoms with Gasteiger partial charge in [-0.15, -0.1) is 0 Å². The number of sulfonamides is 1. The fraction of sp³-hybridized carbons (Fsp3) is 0.278. The van der Waals surface area contributed by atoms with Gasteiger partial charge >= 0.3 is 0 Å². The van der Waals surface area contributed by atoms with Crippen molar-refractivity contribution in [1.29, 1.82) is 0 Å². The third-order valence-corrected chi connectivity index (χ3v) is 5.43. The molecule has 0 saturated carbocycles. The molecule has 7 heteroatoms. The molecule has 0 aliphatic heterocycles. The van der Waals surface area contributed by atoms with Crippen LogP contribution in [0.2, 0.25) is 5.02 Å². The molecule has 1 unspecified atom stereocenters. The van der Waals surface area contributed by atoms with Gasteiger partial charge in [-0.2, -0.15) is 4.31 Å². The Morgan fingerprint density at radius 3 is 2.44 bits per heavy atom. The molecule has 0 aliphatic rings. The van der Waals surface area contributed by atoms with E-state index in [1.807, 2.05) is 37.3 Å². The lowest BCUT2D eigenvalue weighted by Crippen LogP contribution is -2.39. The van der Waals surface area contributed by atoms with Gasteiger partial charge in [-0.25, -0.2) is 8.42 Å². The van der Waals surface area contributed by atoms with E-state index < -0.39 is 10.0 Å². The summed E-state index contributed by atoms with van der Waals surface area (Å²) in [4.78, 5) is 12.1. The highest BCUT2D eigenvalue weighted by Gasteiger charge is 2.24. The summed E-state index contributed by atoms with van der Waals surface area (Å²) in [6.07, 6.45) is 1.17. The number of carbonyl (C=O) groups is 1. The average Bonchev–Trinajstić information content (AvgIpc) is 2.57. The monoisotopic (exact) mass is 380 g/mol. The summed E-state index contributed by atoms with van der Waals surface area (Å²) in [7, 11) is -3.42. The molecule has 1 N–H and O–H groups in total. The molecule has 0 bridgehead atoms. The lowest BCUT2D eigenvalue weighted by Gasteiger charge is -2.27. The van der Waals surface area contributed by atoms with Crippen molar-refractivity contribution in [3.05, 3.63) is 70.7 Å². The fourth-order valence-electron chi connectivity index (χ4n) is 2.56. The molecule has 0 fully saturated rings. The molecular weight excluding hydrogens is 360 g/mol. The fourth-order valence-corrected chi connectivity index (χ4v) is 3.87. The predicted octanol–water partition coefficient (Wildman–Crippen LogP) is 3.09. The van der Waals surface area contributed by atoms with E-state index >= 15 is 0 Å². The number of hydrogen-bond acceptors (Lipinski definition) is 3. The summed E-state index contributed by atoms with van der Waals surface area (Å²) in [5.41, 5.74) is 1.34. The number of halogens is 1. The molecule has 134 valence electrons. The molecule has 1 atom stereocenters. The topological polar surface area (TPSA) is 66.5 Å². The predicted molar refractivity (Wildman–Crippen MR) is 100 cm³/mol. The van der Waals surface area contributed by atoms with Crippen molar-refractivity contribution < 1.29 is 13.2 Å². The smallest absolute Gasteiger partial charge is 0.251 e. The Bertz CT molecular complexity index is 825. The van der Waals surface area contributed by atoms with Crippen LogP contribution in [0, 0.1) is 0 Å². The van der Waals surface area contributed by atoms with E-state index in [1.165, 1.54) is 10.6 Å². The second kappa shape index (κ2) is 8.47. The van der Waals surface area contributed by atoms with Crippen LogP contribution in [0.25, 0.3) is 0 Å². The second-order valence-electron chi connectivity index (χ2n) is 5.73. The van der Waals surface area contributed by atoms with Crippen LogP contribution in [0.4, 0.5) is 0 Å². The molecule has 25 heavy (non-hydrogen) atoms. The molecule has 0 aliphatic carbocycles. The first-order chi connectivity index (χ1) is 11.8. The molecule has 0 aromatic heterocycles. The van der Waals surface area contributed by atoms with E-state index in [1.54, 1.807) is 24.3 Å². The molecule has 1 amide bonds. The molecule has 2 aromatic rings. The van der Waals surface area contributed by atoms with E-state index in [0.717, 1.165) is 5.56 Å². The van der Waals surface area contributed by atoms with E-state index in [-0.39, 0.29) is 25.0 Å². The van der Waals surface area contributed by atoms with E-state index in [4.69, 9.17) is 11.6 Å². The van der Waals surface area contributed by atoms with Crippen LogP contribution >= 0.6 is 11.6 Å². The zero-order chi connectivity index (χ0) is 18.4. The minimum atomic E-state index is -3.42. The highest BCUT2D eigenvalue weighted by Crippen LogP contribution is 2.22. The van der Waals surface area contributed by atoms with Crippen molar-refractivity contribution >= 4 is 27.5 Å². The van der Waals surface area contributed by atoms with Crippen molar-refractivity contribution in [3.63, 3.8) is 0 Å². The average molecular weight is 381 g/mol. The van der Waals surface area contributed by atoms with Gasteiger partial charge < -0.3 is 5.32 Å². The molecule has 0 radical (unpaired) electrons. The lowest BCUT2D eigenvalue weighted by molar-refractivity contribution is 0.0950. The van der Waals surface area contributed by atoms with Crippen molar-refractivity contribution in [1.82, 2.24) is 9.62 Å². The van der Waals surface area contributed by atoms with Crippen LogP contribution in [-0.4, -0.2) is 38.0 Å². The van der Waals surface area contributed by atoms with Crippen molar-refractivity contribution in [2.45, 2.75) is 13.0 Å². The summed E-state index contributed by atoms with van der Waals surface area (Å²) in [6.45, 7) is 2.21. The first kappa shape index (κ1) is 19.4. The first-order valence-corrected chi connectivity index (χ1v) is 10.1. The summed E-state index contributed by atoms with van der Waals surface area (Å²) in [6, 6.07) is 15.7. The number of rotatable bonds is 7. The zero-order valence-electron chi connectivity index (χ0n) is 14.1. The van der Waals surface area contributed by atoms with Gasteiger partial charge in [0.1, 0.15) is 0 Å². The lowest BCUT2D eigenvalue weighted by atomic mass is 10.1. The van der Waals surface area contributed by atoms with Crippen molar-refractivity contribution in [3.8, 4) is 0 Å². The standard InChI is InChI=1S/C18H21ClN2O3S/c1-14(15-7-4-3-5-8-15)21(25(2,23)24)12-11-20-18(22)16-9-6-10-17(19)13-16/h3-10,13-14H,11-12H2,1-2H3,(H,20,22). The maximum atomic E-state index is 12.1. The van der Waals surface area contributed by atoms with E-state index in [9.17, 15) is 13.2 Å². The first-order valence-electron chi connectivity index (χ1n) is 7.84. The van der Waals surface area contributed by atoms with E-state index in [2.05, 4.69) is 5.32 Å². The molecule has 5 nitrogen and oxygen atoms in total. The van der Waals surface area contributed by atoms with Gasteiger partial charge in [0.05, 0.1) is 6.26 Å². The Balaban J connectivity index is 2.03. The third-order valence-electron chi connectivity index (χ3n) is 3.84. The summed E-state index contributed by atoms with van der Waals surface area (Å²) < 4.78 is 25.6. The van der Waals surface area contributed by atoms with Crippen LogP contribution in [0.1, 0.15) is 28.9 Å². The van der Waals surface area contributed by atoms with Gasteiger partial charge in [0.15, 0.2) is 0 Å². The number of hydrogen-bond donors (Lipinski definition) is 1. The Morgan fingerprint density at radius 2 is 1.84 bits per heavy atom. The Labute approximate surface area is 153 Å². The zero-order valence-corrected chi connectivity index (χ0v) is 15.7. The number of benzene rings is 2. The normalized spacial score (nSPS) is 12.8. The minimum absolute atomic E-state index is 0.182. The van der Waals surface area contributed by atoms with E-state index in [0.29, 0.717) is 10.6 Å². The van der Waals surface area contributed by atoms with Crippen molar-refractivity contribution in [2.75, 3.05) is 19.3 Å². The number of nitrogens with one attached hydrogen (secondary N) is 1.